The molecule has 3 aromatic rings. The zero-order chi connectivity index (χ0) is 20.2. The summed E-state index contributed by atoms with van der Waals surface area (Å²) in [6, 6.07) is 16.4. The number of carbonyl (C=O) groups excluding carboxylic acids is 2. The molecule has 4 rings (SSSR count). The number of nitrogens with zero attached hydrogens (tertiary/aromatic N) is 2. The minimum absolute atomic E-state index is 0.153. The fourth-order valence-electron chi connectivity index (χ4n) is 3.37. The van der Waals surface area contributed by atoms with Crippen LogP contribution in [0, 0.1) is 5.82 Å². The van der Waals surface area contributed by atoms with Crippen molar-refractivity contribution in [3.63, 3.8) is 0 Å². The van der Waals surface area contributed by atoms with E-state index in [1.165, 1.54) is 18.4 Å². The minimum Gasteiger partial charge on any atom is -0.459 e. The van der Waals surface area contributed by atoms with Gasteiger partial charge in [-0.3, -0.25) is 9.69 Å². The molecule has 29 heavy (non-hydrogen) atoms. The second-order valence-electron chi connectivity index (χ2n) is 6.78. The molecule has 2 aromatic carbocycles. The smallest absolute Gasteiger partial charge is 0.324 e. The van der Waals surface area contributed by atoms with Crippen LogP contribution in [-0.2, 0) is 6.54 Å². The Bertz CT molecular complexity index is 1000. The molecule has 0 radical (unpaired) electrons. The predicted molar refractivity (Wildman–Crippen MR) is 107 cm³/mol. The first-order valence-electron chi connectivity index (χ1n) is 9.36. The number of halogens is 1. The van der Waals surface area contributed by atoms with Gasteiger partial charge in [0.05, 0.1) is 17.6 Å². The van der Waals surface area contributed by atoms with Gasteiger partial charge in [-0.1, -0.05) is 24.3 Å². The summed E-state index contributed by atoms with van der Waals surface area (Å²) in [4.78, 5) is 28.9. The maximum atomic E-state index is 13.1. The quantitative estimate of drug-likeness (QED) is 0.694. The van der Waals surface area contributed by atoms with Crippen LogP contribution in [0.25, 0.3) is 0 Å². The van der Waals surface area contributed by atoms with Crippen molar-refractivity contribution in [2.24, 2.45) is 0 Å². The summed E-state index contributed by atoms with van der Waals surface area (Å²) in [5.74, 6) is -0.487. The largest absolute Gasteiger partial charge is 0.459 e. The van der Waals surface area contributed by atoms with E-state index in [0.717, 1.165) is 12.0 Å². The molecule has 1 N–H and O–H groups in total. The van der Waals surface area contributed by atoms with E-state index in [-0.39, 0.29) is 23.5 Å². The van der Waals surface area contributed by atoms with Gasteiger partial charge < -0.3 is 14.6 Å². The molecule has 0 spiro atoms. The van der Waals surface area contributed by atoms with E-state index in [1.54, 1.807) is 52.3 Å². The Balaban J connectivity index is 1.53. The Hall–Kier alpha value is -3.61. The molecule has 1 aromatic heterocycles. The van der Waals surface area contributed by atoms with E-state index in [1.807, 2.05) is 6.07 Å². The minimum atomic E-state index is -0.380. The monoisotopic (exact) mass is 393 g/mol. The number of hydrogen-bond donors (Lipinski definition) is 1. The van der Waals surface area contributed by atoms with Gasteiger partial charge in [-0.2, -0.15) is 0 Å². The average molecular weight is 393 g/mol. The van der Waals surface area contributed by atoms with Gasteiger partial charge in [0.1, 0.15) is 5.82 Å². The fraction of sp³-hybridized carbons (Fsp3) is 0.182. The zero-order valence-electron chi connectivity index (χ0n) is 15.7. The van der Waals surface area contributed by atoms with Crippen molar-refractivity contribution in [1.82, 2.24) is 4.90 Å². The van der Waals surface area contributed by atoms with E-state index >= 15 is 0 Å². The normalized spacial score (nSPS) is 14.2. The molecule has 0 saturated carbocycles. The number of nitrogens with one attached hydrogen (secondary N) is 1. The third-order valence-corrected chi connectivity index (χ3v) is 4.79. The van der Waals surface area contributed by atoms with Crippen LogP contribution in [0.5, 0.6) is 0 Å². The van der Waals surface area contributed by atoms with Crippen LogP contribution in [0.2, 0.25) is 0 Å². The molecule has 6 nitrogen and oxygen atoms in total. The number of carbonyl (C=O) groups is 2. The Morgan fingerprint density at radius 1 is 1.03 bits per heavy atom. The molecule has 2 heterocycles. The molecule has 148 valence electrons. The van der Waals surface area contributed by atoms with Gasteiger partial charge in [-0.15, -0.1) is 0 Å². The van der Waals surface area contributed by atoms with Crippen molar-refractivity contribution >= 4 is 23.3 Å². The van der Waals surface area contributed by atoms with Crippen LogP contribution >= 0.6 is 0 Å². The van der Waals surface area contributed by atoms with Crippen LogP contribution in [0.3, 0.4) is 0 Å². The lowest BCUT2D eigenvalue weighted by Crippen LogP contribution is -2.49. The highest BCUT2D eigenvalue weighted by molar-refractivity contribution is 6.06. The van der Waals surface area contributed by atoms with E-state index in [0.29, 0.717) is 31.0 Å². The topological polar surface area (TPSA) is 65.8 Å². The third kappa shape index (κ3) is 4.13. The second-order valence-corrected chi connectivity index (χ2v) is 6.78. The van der Waals surface area contributed by atoms with Gasteiger partial charge in [-0.05, 0) is 48.4 Å². The molecule has 7 heteroatoms. The number of para-hydroxylation sites is 2. The maximum absolute atomic E-state index is 13.1. The van der Waals surface area contributed by atoms with Crippen molar-refractivity contribution in [2.45, 2.75) is 13.0 Å². The number of amides is 3. The molecule has 0 bridgehead atoms. The summed E-state index contributed by atoms with van der Waals surface area (Å²) in [5, 5.41) is 2.81. The zero-order valence-corrected chi connectivity index (χ0v) is 15.7. The first-order chi connectivity index (χ1) is 14.1. The van der Waals surface area contributed by atoms with Gasteiger partial charge in [0.25, 0.3) is 5.91 Å². The van der Waals surface area contributed by atoms with Crippen molar-refractivity contribution in [1.29, 1.82) is 0 Å². The van der Waals surface area contributed by atoms with Gasteiger partial charge in [-0.25, -0.2) is 9.18 Å². The van der Waals surface area contributed by atoms with Crippen molar-refractivity contribution in [3.05, 3.63) is 84.1 Å². The van der Waals surface area contributed by atoms with Gasteiger partial charge >= 0.3 is 6.03 Å². The Labute approximate surface area is 167 Å². The van der Waals surface area contributed by atoms with Crippen molar-refractivity contribution in [2.75, 3.05) is 23.3 Å². The first kappa shape index (κ1) is 18.7. The summed E-state index contributed by atoms with van der Waals surface area (Å²) in [6.07, 6.45) is 2.22. The van der Waals surface area contributed by atoms with Crippen molar-refractivity contribution < 1.29 is 18.4 Å². The SMILES string of the molecule is O=C(Nc1ccccc1N1CCCN(Cc2ccc(F)cc2)C1=O)c1ccco1. The van der Waals surface area contributed by atoms with E-state index in [9.17, 15) is 14.0 Å². The lowest BCUT2D eigenvalue weighted by Gasteiger charge is -2.36. The summed E-state index contributed by atoms with van der Waals surface area (Å²) in [6.45, 7) is 1.57. The van der Waals surface area contributed by atoms with Crippen LogP contribution in [-0.4, -0.2) is 29.9 Å². The highest BCUT2D eigenvalue weighted by Gasteiger charge is 2.28. The summed E-state index contributed by atoms with van der Waals surface area (Å²) in [5.41, 5.74) is 2.02. The molecular weight excluding hydrogens is 373 g/mol. The third-order valence-electron chi connectivity index (χ3n) is 4.79. The summed E-state index contributed by atoms with van der Waals surface area (Å²) in [7, 11) is 0. The molecule has 1 fully saturated rings. The predicted octanol–water partition coefficient (Wildman–Crippen LogP) is 4.50. The van der Waals surface area contributed by atoms with Gasteiger partial charge in [0.2, 0.25) is 0 Å². The highest BCUT2D eigenvalue weighted by Crippen LogP contribution is 2.29. The maximum Gasteiger partial charge on any atom is 0.324 e. The highest BCUT2D eigenvalue weighted by atomic mass is 19.1. The van der Waals surface area contributed by atoms with Gasteiger partial charge in [0, 0.05) is 19.6 Å². The standard InChI is InChI=1S/C22H20FN3O3/c23-17-10-8-16(9-11-17)15-25-12-4-13-26(22(25)28)19-6-2-1-5-18(19)24-21(27)20-7-3-14-29-20/h1-3,5-11,14H,4,12-13,15H2,(H,24,27). The molecule has 3 amide bonds. The van der Waals surface area contributed by atoms with Crippen LogP contribution in [0.15, 0.2) is 71.3 Å². The molecule has 1 aliphatic rings. The molecule has 0 unspecified atom stereocenters. The summed E-state index contributed by atoms with van der Waals surface area (Å²) >= 11 is 0. The number of urea groups is 1. The Morgan fingerprint density at radius 3 is 2.59 bits per heavy atom. The van der Waals surface area contributed by atoms with Crippen molar-refractivity contribution in [3.8, 4) is 0 Å². The number of anilines is 2. The molecule has 0 aliphatic carbocycles. The van der Waals surface area contributed by atoms with Gasteiger partial charge in [0.15, 0.2) is 5.76 Å². The van der Waals surface area contributed by atoms with E-state index in [2.05, 4.69) is 5.32 Å². The Kier molecular flexibility index (Phi) is 5.29. The molecule has 1 aliphatic heterocycles. The summed E-state index contributed by atoms with van der Waals surface area (Å²) < 4.78 is 18.3. The average Bonchev–Trinajstić information content (AvgIpc) is 3.27. The van der Waals surface area contributed by atoms with E-state index in [4.69, 9.17) is 4.42 Å². The lowest BCUT2D eigenvalue weighted by molar-refractivity contribution is 0.0996. The number of benzene rings is 2. The first-order valence-corrected chi connectivity index (χ1v) is 9.36. The second kappa shape index (κ2) is 8.18. The number of rotatable bonds is 5. The Morgan fingerprint density at radius 2 is 1.83 bits per heavy atom. The molecule has 1 saturated heterocycles. The fourth-order valence-corrected chi connectivity index (χ4v) is 3.37. The van der Waals surface area contributed by atoms with E-state index < -0.39 is 0 Å². The van der Waals surface area contributed by atoms with Crippen LogP contribution in [0.1, 0.15) is 22.5 Å². The number of furan rings is 1. The molecule has 0 atom stereocenters. The number of hydrogen-bond acceptors (Lipinski definition) is 3. The van der Waals surface area contributed by atoms with Crippen LogP contribution < -0.4 is 10.2 Å². The molecular formula is C22H20FN3O3. The lowest BCUT2D eigenvalue weighted by atomic mass is 10.1. The van der Waals surface area contributed by atoms with Crippen LogP contribution in [0.4, 0.5) is 20.6 Å².